The molecule has 0 atom stereocenters. The number of hydrogen-bond acceptors (Lipinski definition) is 2. The first-order valence-corrected chi connectivity index (χ1v) is 7.77. The van der Waals surface area contributed by atoms with Crippen molar-refractivity contribution >= 4 is 27.9 Å². The summed E-state index contributed by atoms with van der Waals surface area (Å²) in [4.78, 5) is 12.2. The van der Waals surface area contributed by atoms with Crippen LogP contribution in [0.3, 0.4) is 0 Å². The molecule has 0 bridgehead atoms. The number of halogens is 1. The van der Waals surface area contributed by atoms with Gasteiger partial charge in [-0.2, -0.15) is 0 Å². The largest absolute Gasteiger partial charge is 0.465 e. The summed E-state index contributed by atoms with van der Waals surface area (Å²) in [5, 5.41) is 3.15. The van der Waals surface area contributed by atoms with Crippen LogP contribution in [0.5, 0.6) is 0 Å². The highest BCUT2D eigenvalue weighted by atomic mass is 79.9. The van der Waals surface area contributed by atoms with Gasteiger partial charge in [0.2, 0.25) is 5.91 Å². The molecule has 1 aromatic carbocycles. The molecular formula is C17H16BrNO2. The van der Waals surface area contributed by atoms with Crippen LogP contribution in [0.15, 0.2) is 57.6 Å². The Kier molecular flexibility index (Phi) is 3.97. The summed E-state index contributed by atoms with van der Waals surface area (Å²) in [6, 6.07) is 11.8. The molecule has 0 spiro atoms. The average Bonchev–Trinajstić information content (AvgIpc) is 2.94. The summed E-state index contributed by atoms with van der Waals surface area (Å²) >= 11 is 3.49. The van der Waals surface area contributed by atoms with E-state index in [1.54, 1.807) is 18.4 Å². The summed E-state index contributed by atoms with van der Waals surface area (Å²) < 4.78 is 6.22. The van der Waals surface area contributed by atoms with E-state index in [0.29, 0.717) is 5.76 Å². The van der Waals surface area contributed by atoms with Crippen molar-refractivity contribution in [3.63, 3.8) is 0 Å². The lowest BCUT2D eigenvalue weighted by Crippen LogP contribution is -2.50. The fourth-order valence-electron chi connectivity index (χ4n) is 2.62. The maximum atomic E-state index is 12.2. The van der Waals surface area contributed by atoms with Crippen LogP contribution in [0, 0.1) is 0 Å². The van der Waals surface area contributed by atoms with Gasteiger partial charge in [0.25, 0.3) is 0 Å². The summed E-state index contributed by atoms with van der Waals surface area (Å²) in [5.74, 6) is 0.585. The summed E-state index contributed by atoms with van der Waals surface area (Å²) in [6.45, 7) is 0. The molecule has 1 amide bonds. The number of rotatable bonds is 4. The third-order valence-electron chi connectivity index (χ3n) is 3.89. The van der Waals surface area contributed by atoms with Crippen LogP contribution < -0.4 is 5.32 Å². The van der Waals surface area contributed by atoms with Gasteiger partial charge >= 0.3 is 0 Å². The Balaban J connectivity index is 1.74. The van der Waals surface area contributed by atoms with E-state index in [1.165, 1.54) is 6.08 Å². The van der Waals surface area contributed by atoms with Crippen molar-refractivity contribution in [3.8, 4) is 0 Å². The third-order valence-corrected chi connectivity index (χ3v) is 4.38. The molecule has 0 saturated heterocycles. The molecule has 0 unspecified atom stereocenters. The molecule has 3 nitrogen and oxygen atoms in total. The fourth-order valence-corrected chi connectivity index (χ4v) is 3.02. The molecule has 1 aliphatic rings. The van der Waals surface area contributed by atoms with Crippen LogP contribution in [0.25, 0.3) is 6.08 Å². The molecule has 0 radical (unpaired) electrons. The molecule has 1 fully saturated rings. The van der Waals surface area contributed by atoms with Crippen molar-refractivity contribution in [2.75, 3.05) is 0 Å². The molecule has 0 aliphatic heterocycles. The van der Waals surface area contributed by atoms with Gasteiger partial charge in [0.1, 0.15) is 5.76 Å². The molecule has 1 aromatic heterocycles. The van der Waals surface area contributed by atoms with Crippen LogP contribution in [0.1, 0.15) is 30.6 Å². The number of hydrogen-bond donors (Lipinski definition) is 1. The molecule has 1 N–H and O–H groups in total. The van der Waals surface area contributed by atoms with Crippen LogP contribution in [0.4, 0.5) is 0 Å². The van der Waals surface area contributed by atoms with Crippen molar-refractivity contribution in [1.29, 1.82) is 0 Å². The summed E-state index contributed by atoms with van der Waals surface area (Å²) in [5.41, 5.74) is 0.928. The average molecular weight is 346 g/mol. The van der Waals surface area contributed by atoms with Crippen molar-refractivity contribution in [1.82, 2.24) is 5.32 Å². The minimum absolute atomic E-state index is 0.0916. The molecule has 1 saturated carbocycles. The van der Waals surface area contributed by atoms with Gasteiger partial charge in [-0.05, 0) is 55.2 Å². The van der Waals surface area contributed by atoms with E-state index in [-0.39, 0.29) is 11.4 Å². The van der Waals surface area contributed by atoms with Crippen molar-refractivity contribution in [2.24, 2.45) is 0 Å². The van der Waals surface area contributed by atoms with E-state index in [2.05, 4.69) is 33.4 Å². The van der Waals surface area contributed by atoms with Crippen molar-refractivity contribution < 1.29 is 9.21 Å². The Morgan fingerprint density at radius 2 is 2.14 bits per heavy atom. The van der Waals surface area contributed by atoms with E-state index < -0.39 is 0 Å². The highest BCUT2D eigenvalue weighted by Crippen LogP contribution is 2.41. The van der Waals surface area contributed by atoms with Crippen molar-refractivity contribution in [2.45, 2.75) is 24.8 Å². The SMILES string of the molecule is O=C(/C=C/c1ccco1)NC1(c2cccc(Br)c2)CCC1. The normalized spacial score (nSPS) is 16.6. The molecule has 1 aliphatic carbocycles. The topological polar surface area (TPSA) is 42.2 Å². The number of furan rings is 1. The molecular weight excluding hydrogens is 330 g/mol. The van der Waals surface area contributed by atoms with Gasteiger partial charge in [0, 0.05) is 10.5 Å². The Labute approximate surface area is 132 Å². The van der Waals surface area contributed by atoms with Gasteiger partial charge < -0.3 is 9.73 Å². The van der Waals surface area contributed by atoms with Crippen molar-refractivity contribution in [3.05, 3.63) is 64.5 Å². The maximum absolute atomic E-state index is 12.2. The van der Waals surface area contributed by atoms with Crippen LogP contribution in [-0.2, 0) is 10.3 Å². The number of amides is 1. The number of carbonyl (C=O) groups excluding carboxylic acids is 1. The van der Waals surface area contributed by atoms with Gasteiger partial charge in [0.15, 0.2) is 0 Å². The second-order valence-electron chi connectivity index (χ2n) is 5.28. The molecule has 21 heavy (non-hydrogen) atoms. The quantitative estimate of drug-likeness (QED) is 0.841. The first kappa shape index (κ1) is 14.1. The minimum atomic E-state index is -0.228. The van der Waals surface area contributed by atoms with Gasteiger partial charge in [-0.25, -0.2) is 0 Å². The molecule has 4 heteroatoms. The Morgan fingerprint density at radius 1 is 1.29 bits per heavy atom. The number of nitrogens with one attached hydrogen (secondary N) is 1. The zero-order valence-electron chi connectivity index (χ0n) is 11.5. The zero-order valence-corrected chi connectivity index (χ0v) is 13.1. The lowest BCUT2D eigenvalue weighted by molar-refractivity contribution is -0.119. The molecule has 3 rings (SSSR count). The number of benzene rings is 1. The van der Waals surface area contributed by atoms with Crippen LogP contribution >= 0.6 is 15.9 Å². The van der Waals surface area contributed by atoms with E-state index in [4.69, 9.17) is 4.42 Å². The van der Waals surface area contributed by atoms with Gasteiger partial charge in [-0.3, -0.25) is 4.79 Å². The minimum Gasteiger partial charge on any atom is -0.465 e. The Bertz CT molecular complexity index is 657. The monoisotopic (exact) mass is 345 g/mol. The molecule has 2 aromatic rings. The second kappa shape index (κ2) is 5.90. The summed E-state index contributed by atoms with van der Waals surface area (Å²) in [6.07, 6.45) is 7.88. The second-order valence-corrected chi connectivity index (χ2v) is 6.20. The van der Waals surface area contributed by atoms with Gasteiger partial charge in [0.05, 0.1) is 11.8 Å². The van der Waals surface area contributed by atoms with E-state index in [0.717, 1.165) is 29.3 Å². The fraction of sp³-hybridized carbons (Fsp3) is 0.235. The molecule has 108 valence electrons. The predicted octanol–water partition coefficient (Wildman–Crippen LogP) is 4.25. The predicted molar refractivity (Wildman–Crippen MR) is 85.6 cm³/mol. The first-order chi connectivity index (χ1) is 10.2. The highest BCUT2D eigenvalue weighted by Gasteiger charge is 2.39. The lowest BCUT2D eigenvalue weighted by Gasteiger charge is -2.43. The first-order valence-electron chi connectivity index (χ1n) is 6.98. The lowest BCUT2D eigenvalue weighted by atomic mass is 9.72. The highest BCUT2D eigenvalue weighted by molar-refractivity contribution is 9.10. The zero-order chi connectivity index (χ0) is 14.7. The smallest absolute Gasteiger partial charge is 0.244 e. The molecule has 1 heterocycles. The van der Waals surface area contributed by atoms with Gasteiger partial charge in [-0.1, -0.05) is 28.1 Å². The maximum Gasteiger partial charge on any atom is 0.244 e. The Morgan fingerprint density at radius 3 is 2.76 bits per heavy atom. The van der Waals surface area contributed by atoms with E-state index >= 15 is 0 Å². The summed E-state index contributed by atoms with van der Waals surface area (Å²) in [7, 11) is 0. The Hall–Kier alpha value is -1.81. The van der Waals surface area contributed by atoms with Crippen LogP contribution in [-0.4, -0.2) is 5.91 Å². The standard InChI is InChI=1S/C17H16BrNO2/c18-14-5-1-4-13(12-14)17(9-3-10-17)19-16(20)8-7-15-6-2-11-21-15/h1-2,4-8,11-12H,3,9-10H2,(H,19,20)/b8-7+. The van der Waals surface area contributed by atoms with E-state index in [9.17, 15) is 4.79 Å². The van der Waals surface area contributed by atoms with Crippen LogP contribution in [0.2, 0.25) is 0 Å². The van der Waals surface area contributed by atoms with E-state index in [1.807, 2.05) is 18.2 Å². The number of carbonyl (C=O) groups is 1. The third kappa shape index (κ3) is 3.10. The van der Waals surface area contributed by atoms with Gasteiger partial charge in [-0.15, -0.1) is 0 Å².